The molecule has 0 atom stereocenters. The summed E-state index contributed by atoms with van der Waals surface area (Å²) in [6.45, 7) is -0.0340. The quantitative estimate of drug-likeness (QED) is 0.548. The first kappa shape index (κ1) is 8.16. The van der Waals surface area contributed by atoms with Gasteiger partial charge in [-0.15, -0.1) is 0 Å². The van der Waals surface area contributed by atoms with Crippen LogP contribution >= 0.6 is 12.2 Å². The number of aromatic amines is 2. The molecule has 5 heteroatoms. The van der Waals surface area contributed by atoms with Crippen LogP contribution in [0, 0.1) is 4.77 Å². The van der Waals surface area contributed by atoms with Gasteiger partial charge in [-0.3, -0.25) is 9.78 Å². The number of nitrogens with one attached hydrogen (secondary N) is 2. The van der Waals surface area contributed by atoms with E-state index in [1.165, 1.54) is 6.20 Å². The van der Waals surface area contributed by atoms with Gasteiger partial charge in [-0.1, -0.05) is 0 Å². The fourth-order valence-electron chi connectivity index (χ4n) is 0.744. The summed E-state index contributed by atoms with van der Waals surface area (Å²) in [4.78, 5) is 16.1. The normalized spacial score (nSPS) is 9.91. The fourth-order valence-corrected chi connectivity index (χ4v) is 0.895. The number of hydrogen-bond donors (Lipinski definition) is 3. The molecule has 0 unspecified atom stereocenters. The Morgan fingerprint density at radius 1 is 1.64 bits per heavy atom. The van der Waals surface area contributed by atoms with Crippen LogP contribution in [0.5, 0.6) is 0 Å². The van der Waals surface area contributed by atoms with Crippen LogP contribution in [0.25, 0.3) is 0 Å². The smallest absolute Gasteiger partial charge is 0.254 e. The molecule has 4 nitrogen and oxygen atoms in total. The third-order valence-corrected chi connectivity index (χ3v) is 1.50. The van der Waals surface area contributed by atoms with Crippen molar-refractivity contribution in [1.29, 1.82) is 0 Å². The minimum Gasteiger partial charge on any atom is -0.396 e. The van der Waals surface area contributed by atoms with E-state index in [1.54, 1.807) is 0 Å². The monoisotopic (exact) mass is 172 g/mol. The zero-order valence-corrected chi connectivity index (χ0v) is 6.57. The largest absolute Gasteiger partial charge is 0.396 e. The second-order valence-electron chi connectivity index (χ2n) is 2.07. The molecule has 11 heavy (non-hydrogen) atoms. The van der Waals surface area contributed by atoms with Gasteiger partial charge in [0.15, 0.2) is 4.77 Å². The molecular formula is C6H8N2O2S. The van der Waals surface area contributed by atoms with E-state index in [9.17, 15) is 4.79 Å². The first-order valence-electron chi connectivity index (χ1n) is 3.16. The molecule has 60 valence electrons. The van der Waals surface area contributed by atoms with Gasteiger partial charge >= 0.3 is 0 Å². The van der Waals surface area contributed by atoms with Crippen LogP contribution in [0.4, 0.5) is 0 Å². The second-order valence-corrected chi connectivity index (χ2v) is 2.48. The molecule has 1 rings (SSSR count). The number of aliphatic hydroxyl groups is 1. The standard InChI is InChI=1S/C6H8N2O2S/c9-2-1-4-3-7-6(11)8-5(4)10/h3,9H,1-2H2,(H2,7,8,10,11). The van der Waals surface area contributed by atoms with E-state index in [4.69, 9.17) is 5.11 Å². The van der Waals surface area contributed by atoms with Crippen LogP contribution in [0.1, 0.15) is 5.56 Å². The average Bonchev–Trinajstić information content (AvgIpc) is 1.95. The second kappa shape index (κ2) is 3.45. The molecule has 1 aromatic heterocycles. The molecule has 0 aliphatic carbocycles. The van der Waals surface area contributed by atoms with Crippen molar-refractivity contribution in [2.45, 2.75) is 6.42 Å². The van der Waals surface area contributed by atoms with Gasteiger partial charge in [0.2, 0.25) is 0 Å². The fraction of sp³-hybridized carbons (Fsp3) is 0.333. The third kappa shape index (κ3) is 1.99. The molecule has 0 saturated carbocycles. The Kier molecular flexibility index (Phi) is 2.56. The summed E-state index contributed by atoms with van der Waals surface area (Å²) in [6.07, 6.45) is 1.86. The minimum absolute atomic E-state index is 0.0340. The van der Waals surface area contributed by atoms with Crippen LogP contribution in [-0.4, -0.2) is 21.7 Å². The summed E-state index contributed by atoms with van der Waals surface area (Å²) >= 11 is 4.67. The molecule has 0 aliphatic rings. The SMILES string of the molecule is O=c1[nH]c(=S)[nH]cc1CCO. The molecule has 0 aliphatic heterocycles. The Labute approximate surface area is 67.9 Å². The Hall–Kier alpha value is -0.940. The van der Waals surface area contributed by atoms with Crippen LogP contribution in [0.2, 0.25) is 0 Å². The topological polar surface area (TPSA) is 68.9 Å². The number of aliphatic hydroxyl groups excluding tert-OH is 1. The van der Waals surface area contributed by atoms with Crippen LogP contribution < -0.4 is 5.56 Å². The van der Waals surface area contributed by atoms with Crippen molar-refractivity contribution >= 4 is 12.2 Å². The van der Waals surface area contributed by atoms with E-state index in [0.29, 0.717) is 16.8 Å². The predicted molar refractivity (Wildman–Crippen MR) is 43.0 cm³/mol. The van der Waals surface area contributed by atoms with Crippen LogP contribution in [0.3, 0.4) is 0 Å². The third-order valence-electron chi connectivity index (χ3n) is 1.28. The van der Waals surface area contributed by atoms with Gasteiger partial charge in [0.05, 0.1) is 0 Å². The first-order chi connectivity index (χ1) is 5.24. The summed E-state index contributed by atoms with van der Waals surface area (Å²) in [6, 6.07) is 0. The highest BCUT2D eigenvalue weighted by Crippen LogP contribution is 1.86. The summed E-state index contributed by atoms with van der Waals surface area (Å²) in [7, 11) is 0. The Morgan fingerprint density at radius 3 is 2.91 bits per heavy atom. The lowest BCUT2D eigenvalue weighted by Crippen LogP contribution is -2.14. The van der Waals surface area contributed by atoms with Gasteiger partial charge in [0.25, 0.3) is 5.56 Å². The Bertz CT molecular complexity index is 341. The molecule has 0 radical (unpaired) electrons. The molecular weight excluding hydrogens is 164 g/mol. The van der Waals surface area contributed by atoms with E-state index in [-0.39, 0.29) is 12.2 Å². The maximum atomic E-state index is 11.0. The van der Waals surface area contributed by atoms with Crippen LogP contribution in [-0.2, 0) is 6.42 Å². The average molecular weight is 172 g/mol. The maximum absolute atomic E-state index is 11.0. The van der Waals surface area contributed by atoms with Crippen LogP contribution in [0.15, 0.2) is 11.0 Å². The zero-order valence-electron chi connectivity index (χ0n) is 5.76. The van der Waals surface area contributed by atoms with Crippen molar-refractivity contribution in [3.8, 4) is 0 Å². The lowest BCUT2D eigenvalue weighted by Gasteiger charge is -1.94. The summed E-state index contributed by atoms with van der Waals surface area (Å²) in [5, 5.41) is 8.52. The number of H-pyrrole nitrogens is 2. The van der Waals surface area contributed by atoms with Gasteiger partial charge in [0.1, 0.15) is 0 Å². The molecule has 0 amide bonds. The molecule has 0 fully saturated rings. The van der Waals surface area contributed by atoms with Crippen molar-refractivity contribution in [3.05, 3.63) is 26.9 Å². The van der Waals surface area contributed by atoms with Crippen molar-refractivity contribution in [2.75, 3.05) is 6.61 Å². The molecule has 0 saturated heterocycles. The van der Waals surface area contributed by atoms with Gasteiger partial charge in [-0.05, 0) is 12.2 Å². The van der Waals surface area contributed by atoms with E-state index in [2.05, 4.69) is 22.2 Å². The number of aromatic nitrogens is 2. The van der Waals surface area contributed by atoms with Crippen molar-refractivity contribution < 1.29 is 5.11 Å². The highest BCUT2D eigenvalue weighted by Gasteiger charge is 1.95. The zero-order chi connectivity index (χ0) is 8.27. The van der Waals surface area contributed by atoms with E-state index >= 15 is 0 Å². The lowest BCUT2D eigenvalue weighted by molar-refractivity contribution is 0.299. The first-order valence-corrected chi connectivity index (χ1v) is 3.56. The summed E-state index contributed by atoms with van der Waals surface area (Å²) in [5.41, 5.74) is 0.281. The molecule has 0 bridgehead atoms. The van der Waals surface area contributed by atoms with Crippen molar-refractivity contribution in [2.24, 2.45) is 0 Å². The maximum Gasteiger partial charge on any atom is 0.254 e. The highest BCUT2D eigenvalue weighted by atomic mass is 32.1. The molecule has 0 aromatic carbocycles. The molecule has 3 N–H and O–H groups in total. The highest BCUT2D eigenvalue weighted by molar-refractivity contribution is 7.71. The van der Waals surface area contributed by atoms with E-state index in [1.807, 2.05) is 0 Å². The summed E-state index contributed by atoms with van der Waals surface area (Å²) < 4.78 is 0.302. The lowest BCUT2D eigenvalue weighted by atomic mass is 10.2. The van der Waals surface area contributed by atoms with Crippen molar-refractivity contribution in [1.82, 2.24) is 9.97 Å². The van der Waals surface area contributed by atoms with Gasteiger partial charge < -0.3 is 10.1 Å². The van der Waals surface area contributed by atoms with E-state index in [0.717, 1.165) is 0 Å². The Morgan fingerprint density at radius 2 is 2.36 bits per heavy atom. The predicted octanol–water partition coefficient (Wildman–Crippen LogP) is -0.0327. The van der Waals surface area contributed by atoms with Gasteiger partial charge in [0, 0.05) is 24.8 Å². The summed E-state index contributed by atoms with van der Waals surface area (Å²) in [5.74, 6) is 0. The molecule has 1 heterocycles. The number of rotatable bonds is 2. The van der Waals surface area contributed by atoms with Crippen molar-refractivity contribution in [3.63, 3.8) is 0 Å². The number of hydrogen-bond acceptors (Lipinski definition) is 3. The Balaban J connectivity index is 3.10. The molecule has 0 spiro atoms. The molecule has 1 aromatic rings. The van der Waals surface area contributed by atoms with Gasteiger partial charge in [-0.2, -0.15) is 0 Å². The minimum atomic E-state index is -0.234. The van der Waals surface area contributed by atoms with Gasteiger partial charge in [-0.25, -0.2) is 0 Å². The van der Waals surface area contributed by atoms with E-state index < -0.39 is 0 Å².